The Balaban J connectivity index is 2.71. The molecular weight excluding hydrogens is 244 g/mol. The maximum Gasteiger partial charge on any atom is 0.139 e. The molecule has 0 fully saturated rings. The second-order valence-electron chi connectivity index (χ2n) is 5.99. The Kier molecular flexibility index (Phi) is 5.06. The molecule has 0 atom stereocenters. The van der Waals surface area contributed by atoms with E-state index in [9.17, 15) is 0 Å². The average molecular weight is 264 g/mol. The summed E-state index contributed by atoms with van der Waals surface area (Å²) in [6.45, 7) is 11.3. The van der Waals surface area contributed by atoms with Crippen LogP contribution < -0.4 is 0 Å². The molecule has 0 heterocycles. The fourth-order valence-electron chi connectivity index (χ4n) is 1.06. The van der Waals surface area contributed by atoms with E-state index in [0.717, 1.165) is 5.56 Å². The molecule has 0 saturated carbocycles. The van der Waals surface area contributed by atoms with Gasteiger partial charge in [-0.3, -0.25) is 0 Å². The van der Waals surface area contributed by atoms with Gasteiger partial charge in [-0.2, -0.15) is 0 Å². The molecule has 0 spiro atoms. The quantitative estimate of drug-likeness (QED) is 0.489. The van der Waals surface area contributed by atoms with Crippen LogP contribution >= 0.6 is 0 Å². The lowest BCUT2D eigenvalue weighted by molar-refractivity contribution is 0.731. The van der Waals surface area contributed by atoms with E-state index in [4.69, 9.17) is 0 Å². The molecule has 0 bridgehead atoms. The van der Waals surface area contributed by atoms with Crippen LogP contribution in [0.15, 0.2) is 30.3 Å². The Morgan fingerprint density at radius 3 is 2.00 bits per heavy atom. The van der Waals surface area contributed by atoms with Gasteiger partial charge in [-0.15, -0.1) is 5.54 Å². The van der Waals surface area contributed by atoms with Gasteiger partial charge >= 0.3 is 0 Å². The van der Waals surface area contributed by atoms with Crippen LogP contribution in [0.25, 0.3) is 0 Å². The number of hydrogen-bond donors (Lipinski definition) is 0. The van der Waals surface area contributed by atoms with Gasteiger partial charge in [-0.1, -0.05) is 58.0 Å². The van der Waals surface area contributed by atoms with E-state index in [0.29, 0.717) is 0 Å². The molecule has 1 heteroatoms. The van der Waals surface area contributed by atoms with E-state index in [-0.39, 0.29) is 5.04 Å². The molecule has 0 amide bonds. The van der Waals surface area contributed by atoms with Gasteiger partial charge in [0.15, 0.2) is 0 Å². The van der Waals surface area contributed by atoms with Crippen LogP contribution in [0.1, 0.15) is 26.3 Å². The molecule has 19 heavy (non-hydrogen) atoms. The van der Waals surface area contributed by atoms with Gasteiger partial charge in [-0.05, 0) is 40.9 Å². The van der Waals surface area contributed by atoms with Crippen molar-refractivity contribution in [2.24, 2.45) is 0 Å². The predicted octanol–water partition coefficient (Wildman–Crippen LogP) is 4.09. The summed E-state index contributed by atoms with van der Waals surface area (Å²) < 4.78 is 0. The molecule has 0 unspecified atom stereocenters. The Hall–Kier alpha value is -1.88. The lowest BCUT2D eigenvalue weighted by Crippen LogP contribution is -2.35. The number of rotatable bonds is 0. The van der Waals surface area contributed by atoms with Gasteiger partial charge in [0.2, 0.25) is 0 Å². The molecule has 0 N–H and O–H groups in total. The van der Waals surface area contributed by atoms with E-state index in [2.05, 4.69) is 69.0 Å². The van der Waals surface area contributed by atoms with Gasteiger partial charge in [0.25, 0.3) is 0 Å². The molecule has 0 aliphatic heterocycles. The zero-order valence-corrected chi connectivity index (χ0v) is 13.4. The van der Waals surface area contributed by atoms with E-state index in [1.807, 2.05) is 30.3 Å². The van der Waals surface area contributed by atoms with Crippen LogP contribution in [0.3, 0.4) is 0 Å². The summed E-state index contributed by atoms with van der Waals surface area (Å²) in [6, 6.07) is 9.84. The predicted molar refractivity (Wildman–Crippen MR) is 86.1 cm³/mol. The van der Waals surface area contributed by atoms with Gasteiger partial charge in [0.05, 0.1) is 0 Å². The second kappa shape index (κ2) is 6.33. The van der Waals surface area contributed by atoms with Crippen LogP contribution in [-0.2, 0) is 0 Å². The topological polar surface area (TPSA) is 0 Å². The molecule has 0 nitrogen and oxygen atoms in total. The molecule has 1 aromatic rings. The van der Waals surface area contributed by atoms with E-state index in [1.54, 1.807) is 0 Å². The van der Waals surface area contributed by atoms with E-state index >= 15 is 0 Å². The minimum absolute atomic E-state index is 0.275. The summed E-state index contributed by atoms with van der Waals surface area (Å²) in [4.78, 5) is 0. The Labute approximate surface area is 118 Å². The molecule has 1 rings (SSSR count). The SMILES string of the molecule is CC(C)(C)[Si](C)(C)C#CC#CC#Cc1ccccc1. The highest BCUT2D eigenvalue weighted by Gasteiger charge is 2.33. The van der Waals surface area contributed by atoms with Crippen molar-refractivity contribution in [3.63, 3.8) is 0 Å². The Bertz CT molecular complexity index is 597. The van der Waals surface area contributed by atoms with Crippen LogP contribution in [0.4, 0.5) is 0 Å². The van der Waals surface area contributed by atoms with Crippen molar-refractivity contribution in [1.29, 1.82) is 0 Å². The van der Waals surface area contributed by atoms with Crippen molar-refractivity contribution in [2.75, 3.05) is 0 Å². The Morgan fingerprint density at radius 1 is 0.842 bits per heavy atom. The lowest BCUT2D eigenvalue weighted by Gasteiger charge is -2.31. The first-order chi connectivity index (χ1) is 8.83. The largest absolute Gasteiger partial charge is 0.139 e. The van der Waals surface area contributed by atoms with Gasteiger partial charge in [0.1, 0.15) is 8.07 Å². The number of benzene rings is 1. The van der Waals surface area contributed by atoms with E-state index < -0.39 is 8.07 Å². The number of hydrogen-bond acceptors (Lipinski definition) is 0. The molecule has 96 valence electrons. The fourth-order valence-corrected chi connectivity index (χ4v) is 1.81. The summed E-state index contributed by atoms with van der Waals surface area (Å²) >= 11 is 0. The van der Waals surface area contributed by atoms with Crippen molar-refractivity contribution < 1.29 is 0 Å². The maximum atomic E-state index is 3.35. The van der Waals surface area contributed by atoms with Crippen molar-refractivity contribution in [2.45, 2.75) is 38.9 Å². The van der Waals surface area contributed by atoms with Crippen molar-refractivity contribution in [1.82, 2.24) is 0 Å². The highest BCUT2D eigenvalue weighted by atomic mass is 28.3. The monoisotopic (exact) mass is 264 g/mol. The molecular formula is C18H20Si. The standard InChI is InChI=1S/C18H20Si/c1-18(2,3)19(4,5)16-12-7-6-9-13-17-14-10-8-11-15-17/h8,10-11,14-15H,1-5H3. The third-order valence-corrected chi connectivity index (χ3v) is 7.92. The van der Waals surface area contributed by atoms with Crippen molar-refractivity contribution in [3.8, 4) is 35.1 Å². The molecule has 0 radical (unpaired) electrons. The fraction of sp³-hybridized carbons (Fsp3) is 0.333. The third-order valence-electron chi connectivity index (χ3n) is 3.42. The first kappa shape index (κ1) is 15.2. The molecule has 0 saturated heterocycles. The highest BCUT2D eigenvalue weighted by Crippen LogP contribution is 2.34. The maximum absolute atomic E-state index is 3.35. The van der Waals surface area contributed by atoms with Crippen molar-refractivity contribution in [3.05, 3.63) is 35.9 Å². The first-order valence-electron chi connectivity index (χ1n) is 6.41. The van der Waals surface area contributed by atoms with Crippen molar-refractivity contribution >= 4 is 8.07 Å². The average Bonchev–Trinajstić information content (AvgIpc) is 2.33. The third kappa shape index (κ3) is 5.09. The van der Waals surface area contributed by atoms with Gasteiger partial charge in [0, 0.05) is 5.56 Å². The summed E-state index contributed by atoms with van der Waals surface area (Å²) in [6.07, 6.45) is 0. The highest BCUT2D eigenvalue weighted by molar-refractivity contribution is 6.87. The molecule has 1 aromatic carbocycles. The molecule has 0 aliphatic rings. The van der Waals surface area contributed by atoms with Crippen LogP contribution in [-0.4, -0.2) is 8.07 Å². The minimum Gasteiger partial charge on any atom is -0.117 e. The zero-order valence-electron chi connectivity index (χ0n) is 12.4. The van der Waals surface area contributed by atoms with Crippen LogP contribution in [0.5, 0.6) is 0 Å². The summed E-state index contributed by atoms with van der Waals surface area (Å²) in [7, 11) is -1.54. The van der Waals surface area contributed by atoms with Crippen LogP contribution in [0, 0.1) is 35.1 Å². The normalized spacial score (nSPS) is 10.2. The smallest absolute Gasteiger partial charge is 0.117 e. The minimum atomic E-state index is -1.54. The van der Waals surface area contributed by atoms with Gasteiger partial charge < -0.3 is 0 Å². The first-order valence-corrected chi connectivity index (χ1v) is 9.41. The Morgan fingerprint density at radius 2 is 1.42 bits per heavy atom. The lowest BCUT2D eigenvalue weighted by atomic mass is 10.2. The summed E-state index contributed by atoms with van der Waals surface area (Å²) in [5, 5.41) is 0.275. The summed E-state index contributed by atoms with van der Waals surface area (Å²) in [5.74, 6) is 14.4. The molecule has 0 aliphatic carbocycles. The van der Waals surface area contributed by atoms with E-state index in [1.165, 1.54) is 0 Å². The molecule has 0 aromatic heterocycles. The zero-order chi connectivity index (χ0) is 14.4. The summed E-state index contributed by atoms with van der Waals surface area (Å²) in [5.41, 5.74) is 4.33. The second-order valence-corrected chi connectivity index (χ2v) is 11.0. The van der Waals surface area contributed by atoms with Crippen LogP contribution in [0.2, 0.25) is 18.1 Å². The van der Waals surface area contributed by atoms with Gasteiger partial charge in [-0.25, -0.2) is 0 Å².